The van der Waals surface area contributed by atoms with Crippen LogP contribution in [0.3, 0.4) is 0 Å². The minimum atomic E-state index is -0.173. The maximum atomic E-state index is 10.2. The largest absolute Gasteiger partial charge is 0.389 e. The van der Waals surface area contributed by atoms with E-state index in [1.165, 1.54) is 19.3 Å². The molecule has 1 heteroatoms. The molecular formula is C15H24O. The lowest BCUT2D eigenvalue weighted by Gasteiger charge is -2.46. The van der Waals surface area contributed by atoms with Crippen LogP contribution in [0.15, 0.2) is 11.6 Å². The van der Waals surface area contributed by atoms with Crippen LogP contribution < -0.4 is 0 Å². The lowest BCUT2D eigenvalue weighted by molar-refractivity contribution is 0.103. The van der Waals surface area contributed by atoms with Crippen molar-refractivity contribution in [2.75, 3.05) is 0 Å². The Kier molecular flexibility index (Phi) is 1.98. The van der Waals surface area contributed by atoms with Crippen molar-refractivity contribution in [2.24, 2.45) is 28.6 Å². The van der Waals surface area contributed by atoms with E-state index < -0.39 is 0 Å². The van der Waals surface area contributed by atoms with Gasteiger partial charge in [0.1, 0.15) is 0 Å². The molecule has 0 radical (unpaired) electrons. The molecule has 3 aliphatic carbocycles. The Morgan fingerprint density at radius 1 is 1.31 bits per heavy atom. The van der Waals surface area contributed by atoms with Crippen LogP contribution in [0.1, 0.15) is 47.0 Å². The number of hydrogen-bond acceptors (Lipinski definition) is 1. The topological polar surface area (TPSA) is 20.2 Å². The van der Waals surface area contributed by atoms with E-state index in [1.807, 2.05) is 0 Å². The monoisotopic (exact) mass is 220 g/mol. The Labute approximate surface area is 98.9 Å². The fourth-order valence-electron chi connectivity index (χ4n) is 5.02. The van der Waals surface area contributed by atoms with Gasteiger partial charge in [0.05, 0.1) is 6.10 Å². The second-order valence-corrected chi connectivity index (χ2v) is 7.08. The van der Waals surface area contributed by atoms with Gasteiger partial charge in [0.2, 0.25) is 0 Å². The van der Waals surface area contributed by atoms with Crippen molar-refractivity contribution in [1.29, 1.82) is 0 Å². The molecule has 5 atom stereocenters. The molecule has 16 heavy (non-hydrogen) atoms. The lowest BCUT2D eigenvalue weighted by atomic mass is 9.59. The predicted octanol–water partition coefficient (Wildman–Crippen LogP) is 3.39. The fraction of sp³-hybridized carbons (Fsp3) is 0.867. The van der Waals surface area contributed by atoms with E-state index >= 15 is 0 Å². The molecule has 0 amide bonds. The maximum Gasteiger partial charge on any atom is 0.0760 e. The van der Waals surface area contributed by atoms with Crippen molar-refractivity contribution in [3.05, 3.63) is 11.6 Å². The Bertz CT molecular complexity index is 354. The van der Waals surface area contributed by atoms with Crippen molar-refractivity contribution >= 4 is 0 Å². The third kappa shape index (κ3) is 1.06. The maximum absolute atomic E-state index is 10.2. The smallest absolute Gasteiger partial charge is 0.0760 e. The number of hydrogen-bond donors (Lipinski definition) is 1. The molecule has 1 nitrogen and oxygen atoms in total. The minimum absolute atomic E-state index is 0.173. The van der Waals surface area contributed by atoms with Gasteiger partial charge in [-0.1, -0.05) is 39.3 Å². The molecule has 3 aliphatic rings. The van der Waals surface area contributed by atoms with Gasteiger partial charge in [0.15, 0.2) is 0 Å². The molecular weight excluding hydrogens is 196 g/mol. The van der Waals surface area contributed by atoms with Crippen LogP contribution in [-0.2, 0) is 0 Å². The Morgan fingerprint density at radius 2 is 2.00 bits per heavy atom. The second-order valence-electron chi connectivity index (χ2n) is 7.08. The van der Waals surface area contributed by atoms with Crippen LogP contribution >= 0.6 is 0 Å². The van der Waals surface area contributed by atoms with Gasteiger partial charge in [-0.25, -0.2) is 0 Å². The van der Waals surface area contributed by atoms with E-state index in [-0.39, 0.29) is 6.10 Å². The average Bonchev–Trinajstić information content (AvgIpc) is 2.77. The van der Waals surface area contributed by atoms with Gasteiger partial charge in [0.25, 0.3) is 0 Å². The van der Waals surface area contributed by atoms with E-state index in [9.17, 15) is 5.11 Å². The lowest BCUT2D eigenvalue weighted by Crippen LogP contribution is -2.38. The predicted molar refractivity (Wildman–Crippen MR) is 66.0 cm³/mol. The van der Waals surface area contributed by atoms with Crippen molar-refractivity contribution in [1.82, 2.24) is 0 Å². The molecule has 0 bridgehead atoms. The summed E-state index contributed by atoms with van der Waals surface area (Å²) in [7, 11) is 0. The molecule has 2 fully saturated rings. The van der Waals surface area contributed by atoms with Crippen LogP contribution in [0.5, 0.6) is 0 Å². The normalized spacial score (nSPS) is 53.7. The van der Waals surface area contributed by atoms with E-state index in [1.54, 1.807) is 5.57 Å². The van der Waals surface area contributed by atoms with Crippen molar-refractivity contribution in [3.63, 3.8) is 0 Å². The van der Waals surface area contributed by atoms with Crippen molar-refractivity contribution in [3.8, 4) is 0 Å². The molecule has 0 aliphatic heterocycles. The average molecular weight is 220 g/mol. The first-order valence-corrected chi connectivity index (χ1v) is 6.79. The molecule has 0 spiro atoms. The summed E-state index contributed by atoms with van der Waals surface area (Å²) in [5.41, 5.74) is 2.29. The Morgan fingerprint density at radius 3 is 2.69 bits per heavy atom. The molecule has 0 unspecified atom stereocenters. The summed E-state index contributed by atoms with van der Waals surface area (Å²) in [4.78, 5) is 0. The third-order valence-electron chi connectivity index (χ3n) is 6.10. The first-order chi connectivity index (χ1) is 7.40. The highest BCUT2D eigenvalue weighted by Crippen LogP contribution is 2.74. The number of aliphatic hydroxyl groups is 1. The van der Waals surface area contributed by atoms with Gasteiger partial charge in [-0.05, 0) is 47.8 Å². The quantitative estimate of drug-likeness (QED) is 0.620. The highest BCUT2D eigenvalue weighted by atomic mass is 16.3. The summed E-state index contributed by atoms with van der Waals surface area (Å²) in [5, 5.41) is 10.2. The summed E-state index contributed by atoms with van der Waals surface area (Å²) >= 11 is 0. The zero-order valence-corrected chi connectivity index (χ0v) is 11.0. The summed E-state index contributed by atoms with van der Waals surface area (Å²) in [6, 6.07) is 0. The number of aliphatic hydroxyl groups excluding tert-OH is 1. The Hall–Kier alpha value is -0.300. The number of fused-ring (bicyclic) bond motifs is 3. The molecule has 0 heterocycles. The van der Waals surface area contributed by atoms with Crippen molar-refractivity contribution < 1.29 is 5.11 Å². The van der Waals surface area contributed by atoms with Crippen LogP contribution in [0, 0.1) is 28.6 Å². The first kappa shape index (κ1) is 10.8. The molecule has 0 aromatic rings. The standard InChI is InChI=1S/C15H24O/c1-9-6-5-7-10-8-11(16)12-13(14(12,2)3)15(9,10)4/h8-9,11-13,16H,5-7H2,1-4H3/t9-,11+,12-,13+,15+/m0/s1. The molecule has 0 aromatic heterocycles. The van der Waals surface area contributed by atoms with Gasteiger partial charge in [0, 0.05) is 0 Å². The van der Waals surface area contributed by atoms with E-state index in [0.717, 1.165) is 5.92 Å². The minimum Gasteiger partial charge on any atom is -0.389 e. The Balaban J connectivity index is 2.06. The molecule has 3 rings (SSSR count). The molecule has 90 valence electrons. The van der Waals surface area contributed by atoms with Crippen molar-refractivity contribution in [2.45, 2.75) is 53.1 Å². The SMILES string of the molecule is C[C@H]1CCCC2=C[C@@H](O)[C@H]3[C@H](C3(C)C)[C@@]21C. The van der Waals surface area contributed by atoms with Gasteiger partial charge in [-0.3, -0.25) is 0 Å². The zero-order valence-electron chi connectivity index (χ0n) is 11.0. The van der Waals surface area contributed by atoms with Crippen LogP contribution in [0.4, 0.5) is 0 Å². The van der Waals surface area contributed by atoms with Crippen LogP contribution in [0.2, 0.25) is 0 Å². The van der Waals surface area contributed by atoms with E-state index in [4.69, 9.17) is 0 Å². The molecule has 0 saturated heterocycles. The summed E-state index contributed by atoms with van der Waals surface area (Å²) < 4.78 is 0. The zero-order chi connectivity index (χ0) is 11.7. The summed E-state index contributed by atoms with van der Waals surface area (Å²) in [6.45, 7) is 9.56. The molecule has 2 saturated carbocycles. The van der Waals surface area contributed by atoms with Gasteiger partial charge in [-0.15, -0.1) is 0 Å². The third-order valence-corrected chi connectivity index (χ3v) is 6.10. The van der Waals surface area contributed by atoms with Gasteiger partial charge >= 0.3 is 0 Å². The summed E-state index contributed by atoms with van der Waals surface area (Å²) in [6.07, 6.45) is 5.92. The molecule has 1 N–H and O–H groups in total. The second kappa shape index (κ2) is 2.93. The summed E-state index contributed by atoms with van der Waals surface area (Å²) in [5.74, 6) is 2.02. The first-order valence-electron chi connectivity index (χ1n) is 6.79. The number of allylic oxidation sites excluding steroid dienone is 1. The molecule has 0 aromatic carbocycles. The number of rotatable bonds is 0. The van der Waals surface area contributed by atoms with E-state index in [2.05, 4.69) is 33.8 Å². The fourth-order valence-corrected chi connectivity index (χ4v) is 5.02. The highest BCUT2D eigenvalue weighted by Gasteiger charge is 2.70. The van der Waals surface area contributed by atoms with E-state index in [0.29, 0.717) is 22.7 Å². The van der Waals surface area contributed by atoms with Crippen LogP contribution in [0.25, 0.3) is 0 Å². The highest BCUT2D eigenvalue weighted by molar-refractivity contribution is 5.34. The van der Waals surface area contributed by atoms with Gasteiger partial charge < -0.3 is 5.11 Å². The van der Waals surface area contributed by atoms with Crippen LogP contribution in [-0.4, -0.2) is 11.2 Å². The van der Waals surface area contributed by atoms with Gasteiger partial charge in [-0.2, -0.15) is 0 Å².